The molecule has 1 saturated heterocycles. The van der Waals surface area contributed by atoms with E-state index >= 15 is 0 Å². The van der Waals surface area contributed by atoms with Crippen molar-refractivity contribution in [1.29, 1.82) is 0 Å². The lowest BCUT2D eigenvalue weighted by Gasteiger charge is -2.37. The summed E-state index contributed by atoms with van der Waals surface area (Å²) in [6, 6.07) is 1.59. The van der Waals surface area contributed by atoms with Gasteiger partial charge in [-0.2, -0.15) is 0 Å². The molecule has 2 unspecified atom stereocenters. The minimum absolute atomic E-state index is 0.00926. The van der Waals surface area contributed by atoms with Gasteiger partial charge in [-0.15, -0.1) is 0 Å². The molecule has 6 heteroatoms. The van der Waals surface area contributed by atoms with Crippen LogP contribution in [0.4, 0.5) is 0 Å². The number of pyridine rings is 1. The van der Waals surface area contributed by atoms with Crippen LogP contribution in [0.1, 0.15) is 29.8 Å². The van der Waals surface area contributed by atoms with E-state index in [0.29, 0.717) is 24.3 Å². The van der Waals surface area contributed by atoms with Gasteiger partial charge in [-0.3, -0.25) is 9.78 Å². The van der Waals surface area contributed by atoms with Crippen molar-refractivity contribution in [2.75, 3.05) is 13.2 Å². The van der Waals surface area contributed by atoms with Crippen molar-refractivity contribution in [2.24, 2.45) is 0 Å². The quantitative estimate of drug-likeness (QED) is 0.852. The molecule has 1 aromatic heterocycles. The van der Waals surface area contributed by atoms with Crippen LogP contribution in [0.5, 0.6) is 0 Å². The Bertz CT molecular complexity index is 571. The minimum Gasteiger partial charge on any atom is -0.478 e. The van der Waals surface area contributed by atoms with Crippen molar-refractivity contribution >= 4 is 18.0 Å². The largest absolute Gasteiger partial charge is 0.478 e. The van der Waals surface area contributed by atoms with E-state index in [1.807, 2.05) is 13.8 Å². The summed E-state index contributed by atoms with van der Waals surface area (Å²) in [5, 5.41) is 8.71. The summed E-state index contributed by atoms with van der Waals surface area (Å²) in [5.74, 6) is -1.20. The highest BCUT2D eigenvalue weighted by molar-refractivity contribution is 5.99. The zero-order chi connectivity index (χ0) is 15.4. The third kappa shape index (κ3) is 3.66. The van der Waals surface area contributed by atoms with Crippen LogP contribution in [0.25, 0.3) is 6.08 Å². The molecule has 0 bridgehead atoms. The monoisotopic (exact) mass is 290 g/mol. The molecule has 2 rings (SSSR count). The maximum absolute atomic E-state index is 12.7. The van der Waals surface area contributed by atoms with Gasteiger partial charge >= 0.3 is 5.97 Å². The van der Waals surface area contributed by atoms with Gasteiger partial charge < -0.3 is 14.7 Å². The molecule has 0 radical (unpaired) electrons. The molecule has 1 N–H and O–H groups in total. The van der Waals surface area contributed by atoms with E-state index in [0.717, 1.165) is 6.08 Å². The fourth-order valence-electron chi connectivity index (χ4n) is 2.24. The number of carbonyl (C=O) groups is 2. The number of hydrogen-bond acceptors (Lipinski definition) is 4. The van der Waals surface area contributed by atoms with E-state index in [1.165, 1.54) is 18.5 Å². The molecule has 1 aliphatic heterocycles. The van der Waals surface area contributed by atoms with Crippen molar-refractivity contribution < 1.29 is 19.4 Å². The lowest BCUT2D eigenvalue weighted by atomic mass is 10.1. The molecule has 0 saturated carbocycles. The predicted octanol–water partition coefficient (Wildman–Crippen LogP) is 1.43. The number of carbonyl (C=O) groups excluding carboxylic acids is 1. The summed E-state index contributed by atoms with van der Waals surface area (Å²) in [6.07, 6.45) is 5.39. The highest BCUT2D eigenvalue weighted by Gasteiger charge is 2.29. The first-order chi connectivity index (χ1) is 9.99. The van der Waals surface area contributed by atoms with Crippen LogP contribution in [0.2, 0.25) is 0 Å². The van der Waals surface area contributed by atoms with Crippen LogP contribution in [-0.2, 0) is 9.53 Å². The van der Waals surface area contributed by atoms with Crippen LogP contribution in [0.15, 0.2) is 24.5 Å². The molecule has 112 valence electrons. The Morgan fingerprint density at radius 3 is 2.95 bits per heavy atom. The normalized spacial score (nSPS) is 22.5. The molecule has 0 aliphatic carbocycles. The molecule has 1 amide bonds. The smallest absolute Gasteiger partial charge is 0.328 e. The van der Waals surface area contributed by atoms with Crippen molar-refractivity contribution in [3.05, 3.63) is 35.7 Å². The fraction of sp³-hybridized carbons (Fsp3) is 0.400. The van der Waals surface area contributed by atoms with Gasteiger partial charge in [0.15, 0.2) is 0 Å². The Labute approximate surface area is 123 Å². The lowest BCUT2D eigenvalue weighted by molar-refractivity contribution is -0.131. The first-order valence-electron chi connectivity index (χ1n) is 6.76. The third-order valence-electron chi connectivity index (χ3n) is 3.36. The number of hydrogen-bond donors (Lipinski definition) is 1. The number of aliphatic carboxylic acids is 1. The van der Waals surface area contributed by atoms with Crippen LogP contribution in [-0.4, -0.2) is 52.2 Å². The van der Waals surface area contributed by atoms with Crippen molar-refractivity contribution in [1.82, 2.24) is 9.88 Å². The zero-order valence-electron chi connectivity index (χ0n) is 12.0. The van der Waals surface area contributed by atoms with E-state index in [4.69, 9.17) is 9.84 Å². The second-order valence-corrected chi connectivity index (χ2v) is 5.08. The van der Waals surface area contributed by atoms with Crippen molar-refractivity contribution in [2.45, 2.75) is 26.0 Å². The topological polar surface area (TPSA) is 79.7 Å². The molecule has 0 aromatic carbocycles. The summed E-state index contributed by atoms with van der Waals surface area (Å²) in [4.78, 5) is 29.0. The van der Waals surface area contributed by atoms with Crippen molar-refractivity contribution in [3.8, 4) is 0 Å². The zero-order valence-corrected chi connectivity index (χ0v) is 12.0. The van der Waals surface area contributed by atoms with E-state index in [9.17, 15) is 9.59 Å². The molecule has 1 aromatic rings. The van der Waals surface area contributed by atoms with Gasteiger partial charge in [0.2, 0.25) is 0 Å². The number of carboxylic acids is 1. The van der Waals surface area contributed by atoms with E-state index in [2.05, 4.69) is 4.98 Å². The van der Waals surface area contributed by atoms with Crippen LogP contribution < -0.4 is 0 Å². The van der Waals surface area contributed by atoms with Crippen LogP contribution >= 0.6 is 0 Å². The number of carboxylic acid groups (broad SMARTS) is 1. The summed E-state index contributed by atoms with van der Waals surface area (Å²) >= 11 is 0. The van der Waals surface area contributed by atoms with Gasteiger partial charge in [0.1, 0.15) is 0 Å². The van der Waals surface area contributed by atoms with E-state index < -0.39 is 5.97 Å². The maximum Gasteiger partial charge on any atom is 0.328 e. The number of rotatable bonds is 3. The highest BCUT2D eigenvalue weighted by Crippen LogP contribution is 2.18. The second kappa shape index (κ2) is 6.49. The molecule has 0 spiro atoms. The number of morpholine rings is 1. The molecule has 1 aliphatic rings. The Hall–Kier alpha value is -2.21. The molecule has 21 heavy (non-hydrogen) atoms. The minimum atomic E-state index is -1.06. The van der Waals surface area contributed by atoms with Crippen LogP contribution in [0.3, 0.4) is 0 Å². The van der Waals surface area contributed by atoms with Gasteiger partial charge in [-0.1, -0.05) is 0 Å². The van der Waals surface area contributed by atoms with Gasteiger partial charge in [-0.25, -0.2) is 4.79 Å². The molecule has 1 fully saturated rings. The van der Waals surface area contributed by atoms with Gasteiger partial charge in [0.25, 0.3) is 5.91 Å². The molecule has 2 heterocycles. The van der Waals surface area contributed by atoms with Gasteiger partial charge in [0, 0.05) is 36.1 Å². The molecular formula is C15H18N2O4. The molecule has 6 nitrogen and oxygen atoms in total. The van der Waals surface area contributed by atoms with E-state index in [-0.39, 0.29) is 18.1 Å². The fourth-order valence-corrected chi connectivity index (χ4v) is 2.24. The summed E-state index contributed by atoms with van der Waals surface area (Å²) < 4.78 is 5.52. The first-order valence-corrected chi connectivity index (χ1v) is 6.76. The summed E-state index contributed by atoms with van der Waals surface area (Å²) in [5.41, 5.74) is 0.944. The second-order valence-electron chi connectivity index (χ2n) is 5.08. The number of aromatic nitrogens is 1. The Kier molecular flexibility index (Phi) is 4.70. The molecular weight excluding hydrogens is 272 g/mol. The van der Waals surface area contributed by atoms with Crippen LogP contribution in [0, 0.1) is 0 Å². The summed E-state index contributed by atoms with van der Waals surface area (Å²) in [7, 11) is 0. The lowest BCUT2D eigenvalue weighted by Crippen LogP contribution is -2.50. The summed E-state index contributed by atoms with van der Waals surface area (Å²) in [6.45, 7) is 4.87. The highest BCUT2D eigenvalue weighted by atomic mass is 16.5. The van der Waals surface area contributed by atoms with Gasteiger partial charge in [0.05, 0.1) is 18.8 Å². The van der Waals surface area contributed by atoms with Gasteiger partial charge in [-0.05, 0) is 26.0 Å². The maximum atomic E-state index is 12.7. The number of ether oxygens (including phenoxy) is 1. The Morgan fingerprint density at radius 1 is 1.48 bits per heavy atom. The molecule has 2 atom stereocenters. The average Bonchev–Trinajstić information content (AvgIpc) is 2.47. The first kappa shape index (κ1) is 15.2. The third-order valence-corrected chi connectivity index (χ3v) is 3.36. The van der Waals surface area contributed by atoms with E-state index in [1.54, 1.807) is 11.0 Å². The predicted molar refractivity (Wildman–Crippen MR) is 76.8 cm³/mol. The number of amides is 1. The SMILES string of the molecule is CC1CN(C(=O)c2ccncc2C=CC(=O)O)C(C)CO1. The number of nitrogens with zero attached hydrogens (tertiary/aromatic N) is 2. The Morgan fingerprint density at radius 2 is 2.24 bits per heavy atom. The standard InChI is InChI=1S/C15H18N2O4/c1-10-9-21-11(2)8-17(10)15(20)13-5-6-16-7-12(13)3-4-14(18)19/h3-7,10-11H,8-9H2,1-2H3,(H,18,19). The Balaban J connectivity index is 2.28. The average molecular weight is 290 g/mol. The van der Waals surface area contributed by atoms with Crippen molar-refractivity contribution in [3.63, 3.8) is 0 Å².